The van der Waals surface area contributed by atoms with Crippen molar-refractivity contribution in [3.05, 3.63) is 35.4 Å². The molecule has 1 aromatic rings. The minimum absolute atomic E-state index is 0.0254. The van der Waals surface area contributed by atoms with Crippen molar-refractivity contribution in [1.82, 2.24) is 9.80 Å². The quantitative estimate of drug-likeness (QED) is 0.889. The Hall–Kier alpha value is -1.43. The van der Waals surface area contributed by atoms with Crippen molar-refractivity contribution in [3.63, 3.8) is 0 Å². The van der Waals surface area contributed by atoms with Crippen LogP contribution in [0.5, 0.6) is 0 Å². The van der Waals surface area contributed by atoms with E-state index >= 15 is 0 Å². The van der Waals surface area contributed by atoms with Gasteiger partial charge >= 0.3 is 0 Å². The fourth-order valence-electron chi connectivity index (χ4n) is 3.79. The molecule has 138 valence electrons. The number of aliphatic hydroxyl groups excluding tert-OH is 1. The number of hydrogen-bond acceptors (Lipinski definition) is 4. The number of hydrogen-bond donors (Lipinski definition) is 1. The smallest absolute Gasteiger partial charge is 0.254 e. The van der Waals surface area contributed by atoms with Gasteiger partial charge in [-0.05, 0) is 50.6 Å². The summed E-state index contributed by atoms with van der Waals surface area (Å²) in [4.78, 5) is 16.8. The van der Waals surface area contributed by atoms with Crippen molar-refractivity contribution < 1.29 is 14.6 Å². The van der Waals surface area contributed by atoms with E-state index in [4.69, 9.17) is 4.74 Å². The molecule has 2 saturated heterocycles. The van der Waals surface area contributed by atoms with Crippen LogP contribution < -0.4 is 0 Å². The van der Waals surface area contributed by atoms with E-state index in [0.29, 0.717) is 25.3 Å². The lowest BCUT2D eigenvalue weighted by Crippen LogP contribution is -2.30. The van der Waals surface area contributed by atoms with Gasteiger partial charge in [0.2, 0.25) is 0 Å². The maximum atomic E-state index is 12.6. The number of carbonyl (C=O) groups is 1. The Morgan fingerprint density at radius 3 is 2.44 bits per heavy atom. The van der Waals surface area contributed by atoms with Gasteiger partial charge in [0.15, 0.2) is 0 Å². The third kappa shape index (κ3) is 4.81. The molecule has 0 aliphatic carbocycles. The molecule has 25 heavy (non-hydrogen) atoms. The fraction of sp³-hybridized carbons (Fsp3) is 0.650. The second-order valence-electron chi connectivity index (χ2n) is 7.16. The SMILES string of the molecule is CCO[C@@H]1CN(C(=O)c2ccc(CN3CCCCCC3)cc2)C[C@H]1O. The predicted octanol–water partition coefficient (Wildman–Crippen LogP) is 2.28. The highest BCUT2D eigenvalue weighted by atomic mass is 16.5. The molecule has 3 rings (SSSR count). The normalized spacial score (nSPS) is 25.1. The second-order valence-corrected chi connectivity index (χ2v) is 7.16. The molecule has 0 aromatic heterocycles. The van der Waals surface area contributed by atoms with E-state index in [0.717, 1.165) is 6.54 Å². The summed E-state index contributed by atoms with van der Waals surface area (Å²) < 4.78 is 5.50. The summed E-state index contributed by atoms with van der Waals surface area (Å²) in [6.07, 6.45) is 4.40. The maximum absolute atomic E-state index is 12.6. The summed E-state index contributed by atoms with van der Waals surface area (Å²) in [5.74, 6) is -0.0254. The number of rotatable bonds is 5. The highest BCUT2D eigenvalue weighted by molar-refractivity contribution is 5.94. The van der Waals surface area contributed by atoms with E-state index in [-0.39, 0.29) is 12.0 Å². The zero-order chi connectivity index (χ0) is 17.6. The molecular weight excluding hydrogens is 316 g/mol. The summed E-state index contributed by atoms with van der Waals surface area (Å²) >= 11 is 0. The largest absolute Gasteiger partial charge is 0.388 e. The lowest BCUT2D eigenvalue weighted by Gasteiger charge is -2.20. The molecule has 1 N–H and O–H groups in total. The van der Waals surface area contributed by atoms with Crippen molar-refractivity contribution in [2.24, 2.45) is 0 Å². The Morgan fingerprint density at radius 1 is 1.12 bits per heavy atom. The molecule has 1 aromatic carbocycles. The monoisotopic (exact) mass is 346 g/mol. The molecule has 2 aliphatic rings. The van der Waals surface area contributed by atoms with Crippen LogP contribution in [0.25, 0.3) is 0 Å². The molecule has 2 heterocycles. The van der Waals surface area contributed by atoms with Crippen LogP contribution in [-0.4, -0.2) is 65.8 Å². The van der Waals surface area contributed by atoms with Gasteiger partial charge in [0.1, 0.15) is 6.10 Å². The van der Waals surface area contributed by atoms with Gasteiger partial charge in [-0.2, -0.15) is 0 Å². The first-order valence-electron chi connectivity index (χ1n) is 9.57. The van der Waals surface area contributed by atoms with E-state index in [1.807, 2.05) is 19.1 Å². The molecule has 2 atom stereocenters. The molecule has 2 aliphatic heterocycles. The average Bonchev–Trinajstić information content (AvgIpc) is 2.82. The first-order valence-corrected chi connectivity index (χ1v) is 9.57. The first-order chi connectivity index (χ1) is 12.2. The van der Waals surface area contributed by atoms with Crippen LogP contribution in [0.15, 0.2) is 24.3 Å². The van der Waals surface area contributed by atoms with E-state index < -0.39 is 6.10 Å². The number of aliphatic hydroxyl groups is 1. The van der Waals surface area contributed by atoms with Crippen LogP contribution in [0, 0.1) is 0 Å². The third-order valence-corrected chi connectivity index (χ3v) is 5.21. The van der Waals surface area contributed by atoms with Crippen LogP contribution in [0.2, 0.25) is 0 Å². The zero-order valence-electron chi connectivity index (χ0n) is 15.2. The van der Waals surface area contributed by atoms with Crippen LogP contribution in [0.4, 0.5) is 0 Å². The molecule has 0 radical (unpaired) electrons. The average molecular weight is 346 g/mol. The van der Waals surface area contributed by atoms with Crippen LogP contribution in [0.1, 0.15) is 48.5 Å². The third-order valence-electron chi connectivity index (χ3n) is 5.21. The Labute approximate surface area is 150 Å². The molecule has 5 nitrogen and oxygen atoms in total. The van der Waals surface area contributed by atoms with Crippen molar-refractivity contribution >= 4 is 5.91 Å². The van der Waals surface area contributed by atoms with Crippen LogP contribution in [0.3, 0.4) is 0 Å². The summed E-state index contributed by atoms with van der Waals surface area (Å²) in [6.45, 7) is 6.57. The number of benzene rings is 1. The Morgan fingerprint density at radius 2 is 1.80 bits per heavy atom. The van der Waals surface area contributed by atoms with Gasteiger partial charge in [-0.3, -0.25) is 9.69 Å². The molecule has 0 bridgehead atoms. The number of likely N-dealkylation sites (tertiary alicyclic amines) is 2. The minimum atomic E-state index is -0.591. The minimum Gasteiger partial charge on any atom is -0.388 e. The van der Waals surface area contributed by atoms with E-state index in [2.05, 4.69) is 17.0 Å². The van der Waals surface area contributed by atoms with Gasteiger partial charge in [-0.1, -0.05) is 25.0 Å². The van der Waals surface area contributed by atoms with Gasteiger partial charge in [0.05, 0.1) is 6.10 Å². The molecule has 1 amide bonds. The number of amides is 1. The summed E-state index contributed by atoms with van der Waals surface area (Å²) in [6, 6.07) is 7.95. The Bertz CT molecular complexity index is 553. The molecule has 0 unspecified atom stereocenters. The number of β-amino-alcohol motifs (C(OH)–C–C–N with tert-alkyl or cyclic N) is 1. The summed E-state index contributed by atoms with van der Waals surface area (Å²) in [5, 5.41) is 10.0. The van der Waals surface area contributed by atoms with Gasteiger partial charge < -0.3 is 14.7 Å². The lowest BCUT2D eigenvalue weighted by molar-refractivity contribution is -0.00237. The van der Waals surface area contributed by atoms with Crippen molar-refractivity contribution in [2.75, 3.05) is 32.8 Å². The van der Waals surface area contributed by atoms with Crippen molar-refractivity contribution in [3.8, 4) is 0 Å². The number of ether oxygens (including phenoxy) is 1. The number of nitrogens with zero attached hydrogens (tertiary/aromatic N) is 2. The van der Waals surface area contributed by atoms with Crippen molar-refractivity contribution in [2.45, 2.75) is 51.4 Å². The standard InChI is InChI=1S/C20H30N2O3/c1-2-25-19-15-22(14-18(19)23)20(24)17-9-7-16(8-10-17)13-21-11-5-3-4-6-12-21/h7-10,18-19,23H,2-6,11-15H2,1H3/t18-,19-/m1/s1. The molecule has 5 heteroatoms. The van der Waals surface area contributed by atoms with Gasteiger partial charge in [-0.25, -0.2) is 0 Å². The highest BCUT2D eigenvalue weighted by Crippen LogP contribution is 2.18. The van der Waals surface area contributed by atoms with Crippen molar-refractivity contribution in [1.29, 1.82) is 0 Å². The summed E-state index contributed by atoms with van der Waals surface area (Å²) in [5.41, 5.74) is 1.94. The lowest BCUT2D eigenvalue weighted by atomic mass is 10.1. The van der Waals surface area contributed by atoms with E-state index in [1.54, 1.807) is 4.90 Å². The molecule has 0 spiro atoms. The first kappa shape index (κ1) is 18.4. The number of carbonyl (C=O) groups excluding carboxylic acids is 1. The second kappa shape index (κ2) is 8.79. The van der Waals surface area contributed by atoms with Crippen LogP contribution in [-0.2, 0) is 11.3 Å². The van der Waals surface area contributed by atoms with Gasteiger partial charge in [-0.15, -0.1) is 0 Å². The topological polar surface area (TPSA) is 53.0 Å². The van der Waals surface area contributed by atoms with Gasteiger partial charge in [0, 0.05) is 31.8 Å². The van der Waals surface area contributed by atoms with Crippen LogP contribution >= 0.6 is 0 Å². The highest BCUT2D eigenvalue weighted by Gasteiger charge is 2.34. The Balaban J connectivity index is 1.57. The predicted molar refractivity (Wildman–Crippen MR) is 97.5 cm³/mol. The fourth-order valence-corrected chi connectivity index (χ4v) is 3.79. The van der Waals surface area contributed by atoms with E-state index in [1.165, 1.54) is 44.3 Å². The molecular formula is C20H30N2O3. The molecule has 2 fully saturated rings. The maximum Gasteiger partial charge on any atom is 0.254 e. The summed E-state index contributed by atoms with van der Waals surface area (Å²) in [7, 11) is 0. The molecule has 0 saturated carbocycles. The van der Waals surface area contributed by atoms with E-state index in [9.17, 15) is 9.90 Å². The Kier molecular flexibility index (Phi) is 6.45. The van der Waals surface area contributed by atoms with Gasteiger partial charge in [0.25, 0.3) is 5.91 Å². The zero-order valence-corrected chi connectivity index (χ0v) is 15.2.